The summed E-state index contributed by atoms with van der Waals surface area (Å²) in [4.78, 5) is 22.9. The quantitative estimate of drug-likeness (QED) is 0.242. The zero-order valence-electron chi connectivity index (χ0n) is 12.8. The molecule has 2 aromatic rings. The van der Waals surface area contributed by atoms with Gasteiger partial charge >= 0.3 is 163 Å². The van der Waals surface area contributed by atoms with Crippen LogP contribution in [-0.2, 0) is 6.13 Å². The molecule has 0 aliphatic carbocycles. The maximum absolute atomic E-state index is 13.4. The molecule has 4 nitrogen and oxygen atoms in total. The van der Waals surface area contributed by atoms with Crippen LogP contribution < -0.4 is 0 Å². The molecule has 158 valence electrons. The van der Waals surface area contributed by atoms with E-state index in [4.69, 9.17) is 0 Å². The number of rotatable bonds is 4. The Morgan fingerprint density at radius 3 is 0.897 bits per heavy atom. The van der Waals surface area contributed by atoms with E-state index >= 15 is 0 Å². The van der Waals surface area contributed by atoms with Crippen LogP contribution >= 0.6 is 22.0 Å². The van der Waals surface area contributed by atoms with Gasteiger partial charge in [0.1, 0.15) is 0 Å². The number of carbonyl (C=O) groups excluding carboxylic acids is 2. The van der Waals surface area contributed by atoms with Gasteiger partial charge < -0.3 is 0 Å². The SMILES string of the molecule is O=C(O[IH]OC(=O)c1c(F)c(F)c(F)c(F)c1F)c1c(F)c(F)c(F)c(F)c1F. The summed E-state index contributed by atoms with van der Waals surface area (Å²) in [6.07, 6.45) is 0. The Morgan fingerprint density at radius 1 is 0.448 bits per heavy atom. The Morgan fingerprint density at radius 2 is 0.655 bits per heavy atom. The standard InChI is InChI=1S/C14HF10IO4/c15-3-1(4(16)8(20)11(23)7(3)19)13(26)28-25-29-14(27)2-5(17)9(21)12(24)10(22)6(2)18/h25H. The van der Waals surface area contributed by atoms with Crippen molar-refractivity contribution in [3.63, 3.8) is 0 Å². The molecule has 0 N–H and O–H groups in total. The van der Waals surface area contributed by atoms with Gasteiger partial charge in [-0.2, -0.15) is 0 Å². The predicted molar refractivity (Wildman–Crippen MR) is 78.7 cm³/mol. The second-order valence-electron chi connectivity index (χ2n) is 4.70. The van der Waals surface area contributed by atoms with E-state index in [1.54, 1.807) is 0 Å². The summed E-state index contributed by atoms with van der Waals surface area (Å²) in [6, 6.07) is 0. The molecule has 0 radical (unpaired) electrons. The molecule has 0 spiro atoms. The van der Waals surface area contributed by atoms with Crippen molar-refractivity contribution in [2.24, 2.45) is 0 Å². The predicted octanol–water partition coefficient (Wildman–Crippen LogP) is 4.62. The Balaban J connectivity index is 2.20. The van der Waals surface area contributed by atoms with Gasteiger partial charge in [0.05, 0.1) is 0 Å². The first-order valence-electron chi connectivity index (χ1n) is 6.54. The zero-order valence-corrected chi connectivity index (χ0v) is 15.2. The van der Waals surface area contributed by atoms with E-state index in [-0.39, 0.29) is 0 Å². The van der Waals surface area contributed by atoms with Crippen LogP contribution in [0.2, 0.25) is 0 Å². The van der Waals surface area contributed by atoms with Gasteiger partial charge in [-0.1, -0.05) is 0 Å². The molecule has 0 saturated carbocycles. The molecule has 0 aliphatic heterocycles. The first-order valence-corrected chi connectivity index (χ1v) is 8.44. The maximum atomic E-state index is 13.4. The van der Waals surface area contributed by atoms with E-state index in [1.807, 2.05) is 0 Å². The Labute approximate surface area is 163 Å². The van der Waals surface area contributed by atoms with Crippen LogP contribution in [0.5, 0.6) is 0 Å². The summed E-state index contributed by atoms with van der Waals surface area (Å²) in [5.41, 5.74) is -4.11. The van der Waals surface area contributed by atoms with E-state index in [0.29, 0.717) is 0 Å². The van der Waals surface area contributed by atoms with Crippen LogP contribution in [0.25, 0.3) is 0 Å². The molecule has 0 aromatic heterocycles. The van der Waals surface area contributed by atoms with Gasteiger partial charge in [-0.25, -0.2) is 0 Å². The van der Waals surface area contributed by atoms with Crippen LogP contribution in [0, 0.1) is 58.2 Å². The number of carbonyl (C=O) groups is 2. The zero-order chi connectivity index (χ0) is 22.2. The van der Waals surface area contributed by atoms with Crippen molar-refractivity contribution in [2.45, 2.75) is 0 Å². The molecular weight excluding hydrogens is 549 g/mol. The second-order valence-corrected chi connectivity index (χ2v) is 6.04. The van der Waals surface area contributed by atoms with Gasteiger partial charge in [0.25, 0.3) is 0 Å². The van der Waals surface area contributed by atoms with E-state index in [0.717, 1.165) is 0 Å². The van der Waals surface area contributed by atoms with Gasteiger partial charge in [0.15, 0.2) is 0 Å². The summed E-state index contributed by atoms with van der Waals surface area (Å²) < 4.78 is 139. The van der Waals surface area contributed by atoms with Crippen LogP contribution in [0.15, 0.2) is 0 Å². The molecule has 0 saturated heterocycles. The molecule has 29 heavy (non-hydrogen) atoms. The van der Waals surface area contributed by atoms with E-state index in [9.17, 15) is 53.5 Å². The molecule has 2 rings (SSSR count). The average Bonchev–Trinajstić information content (AvgIpc) is 2.68. The molecule has 0 amide bonds. The number of benzene rings is 2. The van der Waals surface area contributed by atoms with E-state index in [2.05, 4.69) is 6.13 Å². The number of hydrogen-bond donors (Lipinski definition) is 0. The molecule has 15 heteroatoms. The summed E-state index contributed by atoms with van der Waals surface area (Å²) in [5.74, 6) is -29.8. The van der Waals surface area contributed by atoms with Gasteiger partial charge in [0, 0.05) is 0 Å². The second kappa shape index (κ2) is 8.42. The van der Waals surface area contributed by atoms with Crippen LogP contribution in [0.1, 0.15) is 20.7 Å². The Bertz CT molecular complexity index is 903. The van der Waals surface area contributed by atoms with Crippen molar-refractivity contribution >= 4 is 34.0 Å². The first kappa shape index (κ1) is 22.7. The molecule has 0 fully saturated rings. The van der Waals surface area contributed by atoms with Crippen molar-refractivity contribution < 1.29 is 59.6 Å². The van der Waals surface area contributed by atoms with Crippen molar-refractivity contribution in [1.82, 2.24) is 0 Å². The molecule has 0 aliphatic rings. The third-order valence-electron chi connectivity index (χ3n) is 3.05. The third kappa shape index (κ3) is 3.95. The van der Waals surface area contributed by atoms with Gasteiger partial charge in [-0.3, -0.25) is 0 Å². The van der Waals surface area contributed by atoms with E-state index in [1.165, 1.54) is 0 Å². The third-order valence-corrected chi connectivity index (χ3v) is 4.30. The number of hydrogen-bond acceptors (Lipinski definition) is 4. The van der Waals surface area contributed by atoms with E-state index < -0.39 is 103 Å². The van der Waals surface area contributed by atoms with Crippen molar-refractivity contribution in [2.75, 3.05) is 0 Å². The Hall–Kier alpha value is -2.59. The van der Waals surface area contributed by atoms with Crippen molar-refractivity contribution in [1.29, 1.82) is 0 Å². The monoisotopic (exact) mass is 550 g/mol. The van der Waals surface area contributed by atoms with Crippen LogP contribution in [0.4, 0.5) is 43.9 Å². The molecule has 2 aromatic carbocycles. The molecule has 0 atom stereocenters. The minimum absolute atomic E-state index is 2.06. The first-order chi connectivity index (χ1) is 13.4. The minimum atomic E-state index is -3.06. The number of halogens is 11. The summed E-state index contributed by atoms with van der Waals surface area (Å²) in [7, 11) is 0. The summed E-state index contributed by atoms with van der Waals surface area (Å²) in [6.45, 7) is 0. The molecule has 0 heterocycles. The van der Waals surface area contributed by atoms with Crippen molar-refractivity contribution in [3.8, 4) is 0 Å². The van der Waals surface area contributed by atoms with Gasteiger partial charge in [-0.15, -0.1) is 0 Å². The average molecular weight is 550 g/mol. The van der Waals surface area contributed by atoms with Gasteiger partial charge in [0.2, 0.25) is 0 Å². The van der Waals surface area contributed by atoms with Gasteiger partial charge in [-0.05, 0) is 0 Å². The fraction of sp³-hybridized carbons (Fsp3) is 0. The fourth-order valence-electron chi connectivity index (χ4n) is 1.73. The molecular formula is C14HF10IO4. The topological polar surface area (TPSA) is 52.6 Å². The summed E-state index contributed by atoms with van der Waals surface area (Å²) in [5, 5.41) is 0. The molecule has 0 unspecified atom stereocenters. The summed E-state index contributed by atoms with van der Waals surface area (Å²) >= 11 is -3.06. The fourth-order valence-corrected chi connectivity index (χ4v) is 2.66. The van der Waals surface area contributed by atoms with Crippen LogP contribution in [-0.4, -0.2) is 11.9 Å². The van der Waals surface area contributed by atoms with Crippen LogP contribution in [0.3, 0.4) is 0 Å². The normalized spacial score (nSPS) is 11.0. The molecule has 0 bridgehead atoms. The van der Waals surface area contributed by atoms with Crippen molar-refractivity contribution in [3.05, 3.63) is 69.3 Å². The Kier molecular flexibility index (Phi) is 6.59.